The lowest BCUT2D eigenvalue weighted by atomic mass is 9.99. The number of halogens is 3. The van der Waals surface area contributed by atoms with E-state index in [1.807, 2.05) is 29.2 Å². The van der Waals surface area contributed by atoms with Crippen molar-refractivity contribution < 1.29 is 18.0 Å². The van der Waals surface area contributed by atoms with E-state index in [2.05, 4.69) is 22.1 Å². The van der Waals surface area contributed by atoms with Gasteiger partial charge >= 0.3 is 6.18 Å². The molecule has 0 bridgehead atoms. The normalized spacial score (nSPS) is 16.3. The molecule has 0 aliphatic carbocycles. The number of carbonyl (C=O) groups excluding carboxylic acids is 1. The standard InChI is InChI=1S/C29H30F3N5O/c1-2-36-10-12-37(13-11-36)18-22-7-6-21(16-26(22)29(30,31)32)28(38)35-24-5-3-4-19(15-24)20-8-9-25-23(14-20)17-34-27(25)33/h3-9,14-16H,2,10-13,17-18H2,1H3,(H2,33,34)(H,35,38). The Balaban J connectivity index is 1.32. The molecule has 0 atom stereocenters. The average Bonchev–Trinajstić information content (AvgIpc) is 3.28. The number of amides is 1. The number of piperazine rings is 1. The predicted molar refractivity (Wildman–Crippen MR) is 143 cm³/mol. The molecule has 1 saturated heterocycles. The Kier molecular flexibility index (Phi) is 7.23. The number of alkyl halides is 3. The summed E-state index contributed by atoms with van der Waals surface area (Å²) >= 11 is 0. The maximum atomic E-state index is 14.0. The molecule has 3 aromatic carbocycles. The van der Waals surface area contributed by atoms with Crippen LogP contribution in [-0.4, -0.2) is 54.3 Å². The van der Waals surface area contributed by atoms with Crippen LogP contribution in [-0.2, 0) is 19.3 Å². The largest absolute Gasteiger partial charge is 0.416 e. The Morgan fingerprint density at radius 1 is 0.974 bits per heavy atom. The highest BCUT2D eigenvalue weighted by Crippen LogP contribution is 2.34. The number of nitrogens with one attached hydrogen (secondary N) is 1. The second kappa shape index (κ2) is 10.6. The van der Waals surface area contributed by atoms with Crippen molar-refractivity contribution in [3.05, 3.63) is 88.5 Å². The van der Waals surface area contributed by atoms with Gasteiger partial charge in [0.05, 0.1) is 12.1 Å². The van der Waals surface area contributed by atoms with Gasteiger partial charge in [0, 0.05) is 49.5 Å². The van der Waals surface area contributed by atoms with Gasteiger partial charge in [-0.1, -0.05) is 37.3 Å². The van der Waals surface area contributed by atoms with Gasteiger partial charge in [0.25, 0.3) is 5.91 Å². The highest BCUT2D eigenvalue weighted by atomic mass is 19.4. The second-order valence-electron chi connectivity index (χ2n) is 9.69. The molecule has 1 fully saturated rings. The zero-order valence-corrected chi connectivity index (χ0v) is 21.2. The smallest absolute Gasteiger partial charge is 0.383 e. The van der Waals surface area contributed by atoms with Crippen molar-refractivity contribution in [2.45, 2.75) is 26.2 Å². The summed E-state index contributed by atoms with van der Waals surface area (Å²) in [6.07, 6.45) is -4.56. The number of likely N-dealkylation sites (N-methyl/N-ethyl adjacent to an activating group) is 1. The fourth-order valence-electron chi connectivity index (χ4n) is 5.01. The van der Waals surface area contributed by atoms with Crippen LogP contribution >= 0.6 is 0 Å². The number of hydrogen-bond acceptors (Lipinski definition) is 5. The zero-order valence-electron chi connectivity index (χ0n) is 21.2. The van der Waals surface area contributed by atoms with Crippen molar-refractivity contribution in [3.63, 3.8) is 0 Å². The van der Waals surface area contributed by atoms with Gasteiger partial charge in [0.15, 0.2) is 0 Å². The van der Waals surface area contributed by atoms with E-state index in [0.717, 1.165) is 48.0 Å². The Morgan fingerprint density at radius 3 is 2.45 bits per heavy atom. The van der Waals surface area contributed by atoms with Crippen molar-refractivity contribution in [2.75, 3.05) is 38.0 Å². The molecule has 0 unspecified atom stereocenters. The van der Waals surface area contributed by atoms with Crippen LogP contribution in [0.15, 0.2) is 65.7 Å². The summed E-state index contributed by atoms with van der Waals surface area (Å²) in [7, 11) is 0. The van der Waals surface area contributed by atoms with Crippen LogP contribution < -0.4 is 11.1 Å². The van der Waals surface area contributed by atoms with Crippen molar-refractivity contribution in [1.29, 1.82) is 0 Å². The maximum Gasteiger partial charge on any atom is 0.416 e. The van der Waals surface area contributed by atoms with E-state index in [0.29, 0.717) is 31.2 Å². The fraction of sp³-hybridized carbons (Fsp3) is 0.310. The molecule has 3 N–H and O–H groups in total. The number of carbonyl (C=O) groups is 1. The number of benzene rings is 3. The van der Waals surface area contributed by atoms with E-state index >= 15 is 0 Å². The first-order valence-corrected chi connectivity index (χ1v) is 12.7. The molecule has 2 aliphatic heterocycles. The number of fused-ring (bicyclic) bond motifs is 1. The number of hydrogen-bond donors (Lipinski definition) is 2. The number of rotatable bonds is 6. The van der Waals surface area contributed by atoms with Crippen LogP contribution in [0.25, 0.3) is 11.1 Å². The monoisotopic (exact) mass is 521 g/mol. The summed E-state index contributed by atoms with van der Waals surface area (Å²) in [5, 5.41) is 2.75. The molecule has 6 nitrogen and oxygen atoms in total. The summed E-state index contributed by atoms with van der Waals surface area (Å²) in [4.78, 5) is 21.5. The molecule has 5 rings (SSSR count). The Bertz CT molecular complexity index is 1380. The lowest BCUT2D eigenvalue weighted by Crippen LogP contribution is -2.45. The second-order valence-corrected chi connectivity index (χ2v) is 9.69. The first kappa shape index (κ1) is 25.9. The Hall–Kier alpha value is -3.69. The molecular formula is C29H30F3N5O. The molecule has 0 spiro atoms. The van der Waals surface area contributed by atoms with E-state index in [-0.39, 0.29) is 17.7 Å². The molecule has 2 aliphatic rings. The van der Waals surface area contributed by atoms with Crippen LogP contribution in [0.2, 0.25) is 0 Å². The number of anilines is 1. The van der Waals surface area contributed by atoms with Gasteiger partial charge in [0.1, 0.15) is 5.84 Å². The maximum absolute atomic E-state index is 14.0. The number of nitrogens with zero attached hydrogens (tertiary/aromatic N) is 3. The van der Waals surface area contributed by atoms with E-state index in [9.17, 15) is 18.0 Å². The van der Waals surface area contributed by atoms with E-state index in [4.69, 9.17) is 5.73 Å². The SMILES string of the molecule is CCN1CCN(Cc2ccc(C(=O)Nc3cccc(-c4ccc5c(c4)CN=C5N)c3)cc2C(F)(F)F)CC1. The highest BCUT2D eigenvalue weighted by Gasteiger charge is 2.34. The molecule has 0 aromatic heterocycles. The van der Waals surface area contributed by atoms with Crippen LogP contribution in [0, 0.1) is 0 Å². The van der Waals surface area contributed by atoms with Gasteiger partial charge in [0.2, 0.25) is 0 Å². The van der Waals surface area contributed by atoms with E-state index < -0.39 is 17.6 Å². The zero-order chi connectivity index (χ0) is 26.9. The van der Waals surface area contributed by atoms with Crippen molar-refractivity contribution in [3.8, 4) is 11.1 Å². The molecule has 38 heavy (non-hydrogen) atoms. The summed E-state index contributed by atoms with van der Waals surface area (Å²) in [5.41, 5.74) is 9.53. The molecule has 1 amide bonds. The topological polar surface area (TPSA) is 74.0 Å². The average molecular weight is 522 g/mol. The van der Waals surface area contributed by atoms with Crippen molar-refractivity contribution in [2.24, 2.45) is 10.7 Å². The van der Waals surface area contributed by atoms with Gasteiger partial charge < -0.3 is 16.0 Å². The Morgan fingerprint density at radius 2 is 1.71 bits per heavy atom. The third-order valence-electron chi connectivity index (χ3n) is 7.24. The molecule has 0 saturated carbocycles. The first-order valence-electron chi connectivity index (χ1n) is 12.7. The third kappa shape index (κ3) is 5.58. The van der Waals surface area contributed by atoms with Crippen LogP contribution in [0.1, 0.15) is 39.5 Å². The number of amidine groups is 1. The summed E-state index contributed by atoms with van der Waals surface area (Å²) in [6, 6.07) is 16.9. The predicted octanol–water partition coefficient (Wildman–Crippen LogP) is 4.98. The van der Waals surface area contributed by atoms with Crippen LogP contribution in [0.4, 0.5) is 18.9 Å². The highest BCUT2D eigenvalue weighted by molar-refractivity contribution is 6.05. The number of aliphatic imine (C=N–C) groups is 1. The summed E-state index contributed by atoms with van der Waals surface area (Å²) in [6.45, 7) is 6.85. The van der Waals surface area contributed by atoms with E-state index in [1.54, 1.807) is 18.2 Å². The fourth-order valence-corrected chi connectivity index (χ4v) is 5.01. The van der Waals surface area contributed by atoms with Gasteiger partial charge in [-0.15, -0.1) is 0 Å². The van der Waals surface area contributed by atoms with Gasteiger partial charge in [-0.05, 0) is 59.1 Å². The lowest BCUT2D eigenvalue weighted by molar-refractivity contribution is -0.138. The molecule has 198 valence electrons. The van der Waals surface area contributed by atoms with Gasteiger partial charge in [-0.3, -0.25) is 14.7 Å². The first-order chi connectivity index (χ1) is 18.2. The van der Waals surface area contributed by atoms with Crippen LogP contribution in [0.3, 0.4) is 0 Å². The van der Waals surface area contributed by atoms with Crippen LogP contribution in [0.5, 0.6) is 0 Å². The molecule has 3 aromatic rings. The molecule has 0 radical (unpaired) electrons. The summed E-state index contributed by atoms with van der Waals surface area (Å²) < 4.78 is 41.9. The lowest BCUT2D eigenvalue weighted by Gasteiger charge is -2.34. The van der Waals surface area contributed by atoms with Crippen molar-refractivity contribution >= 4 is 17.4 Å². The minimum atomic E-state index is -4.56. The van der Waals surface area contributed by atoms with Crippen molar-refractivity contribution in [1.82, 2.24) is 9.80 Å². The quantitative estimate of drug-likeness (QED) is 0.480. The Labute approximate surface area is 220 Å². The minimum Gasteiger partial charge on any atom is -0.383 e. The molecular weight excluding hydrogens is 491 g/mol. The minimum absolute atomic E-state index is 0.0348. The molecule has 2 heterocycles. The molecule has 9 heteroatoms. The van der Waals surface area contributed by atoms with Gasteiger partial charge in [-0.25, -0.2) is 0 Å². The van der Waals surface area contributed by atoms with E-state index in [1.165, 1.54) is 12.1 Å². The summed E-state index contributed by atoms with van der Waals surface area (Å²) in [5.74, 6) is -0.0678. The number of nitrogens with two attached hydrogens (primary N) is 1. The van der Waals surface area contributed by atoms with Gasteiger partial charge in [-0.2, -0.15) is 13.2 Å². The third-order valence-corrected chi connectivity index (χ3v) is 7.24.